The topological polar surface area (TPSA) is 140 Å². The molecule has 1 spiro atoms. The van der Waals surface area contributed by atoms with Crippen LogP contribution in [-0.4, -0.2) is 111 Å². The van der Waals surface area contributed by atoms with Crippen LogP contribution in [0.25, 0.3) is 0 Å². The number of rotatable bonds is 5. The number of carboxylic acid groups (broad SMARTS) is 3. The number of likely N-dealkylation sites (N-methyl/N-ethyl adjacent to an activating group) is 1. The molecule has 2 aliphatic heterocycles. The number of piperidine rings is 1. The minimum absolute atomic E-state index is 0.161. The van der Waals surface area contributed by atoms with Crippen molar-refractivity contribution >= 4 is 17.9 Å². The van der Waals surface area contributed by atoms with E-state index in [1.54, 1.807) is 0 Å². The highest BCUT2D eigenvalue weighted by atomic mass is 19.4. The van der Waals surface area contributed by atoms with Crippen LogP contribution in [0.5, 0.6) is 0 Å². The van der Waals surface area contributed by atoms with Gasteiger partial charge in [-0.3, -0.25) is 9.88 Å². The van der Waals surface area contributed by atoms with Crippen molar-refractivity contribution in [3.63, 3.8) is 0 Å². The molecule has 10 nitrogen and oxygen atoms in total. The van der Waals surface area contributed by atoms with Crippen LogP contribution in [0.2, 0.25) is 0 Å². The number of hydrogen-bond acceptors (Lipinski definition) is 7. The van der Waals surface area contributed by atoms with Gasteiger partial charge in [-0.25, -0.2) is 14.4 Å². The smallest absolute Gasteiger partial charge is 0.475 e. The number of nitrogens with zero attached hydrogens (tertiary/aromatic N) is 3. The third kappa shape index (κ3) is 15.0. The molecule has 2 saturated heterocycles. The first kappa shape index (κ1) is 38.8. The molecule has 0 amide bonds. The van der Waals surface area contributed by atoms with Gasteiger partial charge in [0.25, 0.3) is 0 Å². The Morgan fingerprint density at radius 1 is 0.932 bits per heavy atom. The summed E-state index contributed by atoms with van der Waals surface area (Å²) in [6.07, 6.45) is -4.89. The van der Waals surface area contributed by atoms with Crippen molar-refractivity contribution in [2.75, 3.05) is 33.3 Å². The van der Waals surface area contributed by atoms with E-state index >= 15 is 0 Å². The third-order valence-electron chi connectivity index (χ3n) is 6.68. The largest absolute Gasteiger partial charge is 0.490 e. The van der Waals surface area contributed by atoms with Crippen molar-refractivity contribution in [3.05, 3.63) is 30.1 Å². The lowest BCUT2D eigenvalue weighted by Crippen LogP contribution is -2.45. The van der Waals surface area contributed by atoms with Gasteiger partial charge < -0.3 is 25.0 Å². The molecule has 1 aliphatic carbocycles. The Kier molecular flexibility index (Phi) is 14.3. The van der Waals surface area contributed by atoms with E-state index in [2.05, 4.69) is 27.9 Å². The highest BCUT2D eigenvalue weighted by Gasteiger charge is 2.44. The molecule has 3 fully saturated rings. The summed E-state index contributed by atoms with van der Waals surface area (Å²) in [4.78, 5) is 36.0. The van der Waals surface area contributed by atoms with E-state index in [1.807, 2.05) is 18.5 Å². The van der Waals surface area contributed by atoms with Gasteiger partial charge in [-0.05, 0) is 56.7 Å². The Bertz CT molecular complexity index is 1000. The highest BCUT2D eigenvalue weighted by molar-refractivity contribution is 5.73. The number of likely N-dealkylation sites (tertiary alicyclic amines) is 1. The van der Waals surface area contributed by atoms with Gasteiger partial charge in [-0.15, -0.1) is 0 Å². The van der Waals surface area contributed by atoms with Crippen LogP contribution in [0.3, 0.4) is 0 Å². The molecule has 3 heterocycles. The molecule has 0 radical (unpaired) electrons. The summed E-state index contributed by atoms with van der Waals surface area (Å²) < 4.78 is 102. The standard InChI is InChI=1S/C19H29N3O.3C2HF3O2/c1-21(13-17-3-2-8-20-12-17)18-11-19(23-15-18)6-9-22(10-7-19)14-16-4-5-16;3*3-2(4,5)1(6)7/h2-3,8,12,16,18H,4-7,9-11,13-15H2,1H3;3*(H,6,7). The monoisotopic (exact) mass is 657 g/mol. The van der Waals surface area contributed by atoms with E-state index in [0.29, 0.717) is 6.04 Å². The predicted octanol–water partition coefficient (Wildman–Crippen LogP) is 4.45. The first-order valence-electron chi connectivity index (χ1n) is 12.9. The number of ether oxygens (including phenoxy) is 1. The van der Waals surface area contributed by atoms with Crippen LogP contribution in [0.15, 0.2) is 24.5 Å². The summed E-state index contributed by atoms with van der Waals surface area (Å²) in [5, 5.41) is 21.4. The molecule has 0 aromatic carbocycles. The molecule has 3 N–H and O–H groups in total. The fraction of sp³-hybridized carbons (Fsp3) is 0.680. The zero-order chi connectivity index (χ0) is 33.9. The summed E-state index contributed by atoms with van der Waals surface area (Å²) in [5.74, 6) is -7.26. The maximum atomic E-state index is 10.6. The van der Waals surface area contributed by atoms with Gasteiger partial charge in [0.1, 0.15) is 0 Å². The van der Waals surface area contributed by atoms with Gasteiger partial charge >= 0.3 is 36.4 Å². The Labute approximate surface area is 245 Å². The molecular formula is C25H32F9N3O7. The summed E-state index contributed by atoms with van der Waals surface area (Å²) >= 11 is 0. The normalized spacial score (nSPS) is 19.9. The van der Waals surface area contributed by atoms with Crippen molar-refractivity contribution in [2.24, 2.45) is 5.92 Å². The van der Waals surface area contributed by atoms with Crippen molar-refractivity contribution in [1.29, 1.82) is 0 Å². The third-order valence-corrected chi connectivity index (χ3v) is 6.68. The summed E-state index contributed by atoms with van der Waals surface area (Å²) in [6, 6.07) is 4.72. The lowest BCUT2D eigenvalue weighted by atomic mass is 9.87. The van der Waals surface area contributed by atoms with Gasteiger partial charge in [0.05, 0.1) is 12.2 Å². The first-order chi connectivity index (χ1) is 20.1. The number of aromatic nitrogens is 1. The molecule has 3 aliphatic rings. The van der Waals surface area contributed by atoms with Gasteiger partial charge in [0.2, 0.25) is 0 Å². The fourth-order valence-corrected chi connectivity index (χ4v) is 4.17. The first-order valence-corrected chi connectivity index (χ1v) is 12.9. The second-order valence-electron chi connectivity index (χ2n) is 10.3. The molecule has 1 unspecified atom stereocenters. The number of carbonyl (C=O) groups is 3. The van der Waals surface area contributed by atoms with Crippen molar-refractivity contribution in [3.8, 4) is 0 Å². The number of alkyl halides is 9. The van der Waals surface area contributed by atoms with Gasteiger partial charge in [-0.2, -0.15) is 39.5 Å². The zero-order valence-corrected chi connectivity index (χ0v) is 23.3. The molecule has 19 heteroatoms. The summed E-state index contributed by atoms with van der Waals surface area (Å²) in [6.45, 7) is 5.65. The van der Waals surface area contributed by atoms with E-state index in [0.717, 1.165) is 19.1 Å². The van der Waals surface area contributed by atoms with Crippen LogP contribution in [-0.2, 0) is 25.7 Å². The Morgan fingerprint density at radius 3 is 1.75 bits per heavy atom. The van der Waals surface area contributed by atoms with E-state index in [4.69, 9.17) is 34.4 Å². The maximum Gasteiger partial charge on any atom is 0.490 e. The van der Waals surface area contributed by atoms with E-state index in [-0.39, 0.29) is 5.60 Å². The van der Waals surface area contributed by atoms with Crippen molar-refractivity contribution < 1.29 is 74.0 Å². The Hall–Kier alpha value is -3.19. The quantitative estimate of drug-likeness (QED) is 0.390. The summed E-state index contributed by atoms with van der Waals surface area (Å²) in [5.41, 5.74) is 1.45. The average Bonchev–Trinajstić information content (AvgIpc) is 3.62. The van der Waals surface area contributed by atoms with Crippen LogP contribution < -0.4 is 0 Å². The molecular weight excluding hydrogens is 625 g/mol. The van der Waals surface area contributed by atoms with Gasteiger partial charge in [-0.1, -0.05) is 6.07 Å². The van der Waals surface area contributed by atoms with Crippen molar-refractivity contribution in [2.45, 2.75) is 68.8 Å². The Morgan fingerprint density at radius 2 is 1.39 bits per heavy atom. The SMILES string of the molecule is CN(Cc1cccnc1)C1COC2(CCN(CC3CC3)CC2)C1.O=C(O)C(F)(F)F.O=C(O)C(F)(F)F.O=C(O)C(F)(F)F. The molecule has 1 aromatic heterocycles. The van der Waals surface area contributed by atoms with Crippen LogP contribution in [0.4, 0.5) is 39.5 Å². The molecule has 1 saturated carbocycles. The zero-order valence-electron chi connectivity index (χ0n) is 23.3. The van der Waals surface area contributed by atoms with Crippen LogP contribution in [0, 0.1) is 5.92 Å². The van der Waals surface area contributed by atoms with Crippen LogP contribution >= 0.6 is 0 Å². The number of carboxylic acids is 3. The number of pyridine rings is 1. The lowest BCUT2D eigenvalue weighted by Gasteiger charge is -2.39. The highest BCUT2D eigenvalue weighted by Crippen LogP contribution is 2.39. The second-order valence-corrected chi connectivity index (χ2v) is 10.3. The van der Waals surface area contributed by atoms with E-state index in [1.165, 1.54) is 57.3 Å². The lowest BCUT2D eigenvalue weighted by molar-refractivity contribution is -0.193. The molecule has 252 valence electrons. The predicted molar refractivity (Wildman–Crippen MR) is 132 cm³/mol. The second kappa shape index (κ2) is 16.2. The molecule has 44 heavy (non-hydrogen) atoms. The maximum absolute atomic E-state index is 10.6. The van der Waals surface area contributed by atoms with Crippen molar-refractivity contribution in [1.82, 2.24) is 14.8 Å². The number of aliphatic carboxylic acids is 3. The van der Waals surface area contributed by atoms with Gasteiger partial charge in [0, 0.05) is 44.6 Å². The summed E-state index contributed by atoms with van der Waals surface area (Å²) in [7, 11) is 2.22. The number of hydrogen-bond donors (Lipinski definition) is 3. The van der Waals surface area contributed by atoms with Gasteiger partial charge in [0.15, 0.2) is 0 Å². The molecule has 1 atom stereocenters. The minimum atomic E-state index is -5.08. The molecule has 1 aromatic rings. The van der Waals surface area contributed by atoms with E-state index < -0.39 is 36.4 Å². The molecule has 4 rings (SSSR count). The van der Waals surface area contributed by atoms with Crippen LogP contribution in [0.1, 0.15) is 37.7 Å². The average molecular weight is 658 g/mol. The minimum Gasteiger partial charge on any atom is -0.475 e. The van der Waals surface area contributed by atoms with E-state index in [9.17, 15) is 39.5 Å². The Balaban J connectivity index is 0.000000379. The molecule has 0 bridgehead atoms. The fourth-order valence-electron chi connectivity index (χ4n) is 4.17. The number of halogens is 9.